The number of hydrogen-bond donors (Lipinski definition) is 2. The van der Waals surface area contributed by atoms with Gasteiger partial charge in [0.05, 0.1) is 0 Å². The fraction of sp³-hybridized carbons (Fsp3) is 0.600. The molecule has 0 fully saturated rings. The highest BCUT2D eigenvalue weighted by molar-refractivity contribution is 5.66. The Balaban J connectivity index is 3.34. The second kappa shape index (κ2) is 4.75. The first-order valence-corrected chi connectivity index (χ1v) is 2.79. The van der Waals surface area contributed by atoms with E-state index in [-0.39, 0.29) is 12.5 Å². The van der Waals surface area contributed by atoms with Gasteiger partial charge in [-0.1, -0.05) is 6.92 Å². The van der Waals surface area contributed by atoms with Crippen LogP contribution in [0.25, 0.3) is 0 Å². The van der Waals surface area contributed by atoms with E-state index >= 15 is 0 Å². The molecule has 58 valence electrons. The van der Waals surface area contributed by atoms with Crippen LogP contribution in [0.2, 0.25) is 0 Å². The quantitative estimate of drug-likeness (QED) is 0.241. The smallest absolute Gasteiger partial charge is 0.421 e. The second-order valence-electron chi connectivity index (χ2n) is 1.86. The number of rotatable bonds is 3. The number of nitrogens with one attached hydrogen (secondary N) is 1. The Hall–Kier alpha value is -1.10. The Bertz CT molecular complexity index is 126. The van der Waals surface area contributed by atoms with Gasteiger partial charge < -0.3 is 9.53 Å². The molecule has 0 rings (SSSR count). The zero-order valence-electron chi connectivity index (χ0n) is 5.66. The van der Waals surface area contributed by atoms with E-state index in [1.54, 1.807) is 12.3 Å². The lowest BCUT2D eigenvalue weighted by molar-refractivity contribution is -0.111. The zero-order chi connectivity index (χ0) is 7.98. The molecule has 0 heterocycles. The van der Waals surface area contributed by atoms with E-state index < -0.39 is 6.09 Å². The van der Waals surface area contributed by atoms with Crippen molar-refractivity contribution in [1.29, 1.82) is 0 Å². The number of ether oxygens (including phenoxy) is 1. The summed E-state index contributed by atoms with van der Waals surface area (Å²) < 4.78 is 4.44. The van der Waals surface area contributed by atoms with Gasteiger partial charge in [0.2, 0.25) is 0 Å². The van der Waals surface area contributed by atoms with Gasteiger partial charge in [0.25, 0.3) is 0 Å². The van der Waals surface area contributed by atoms with Crippen molar-refractivity contribution >= 4 is 12.4 Å². The first kappa shape index (κ1) is 8.90. The number of hydrazine groups is 1. The number of carbonyl (C=O) groups excluding carboxylic acids is 2. The topological polar surface area (TPSA) is 81.4 Å². The van der Waals surface area contributed by atoms with Crippen LogP contribution in [0.4, 0.5) is 4.79 Å². The second-order valence-corrected chi connectivity index (χ2v) is 1.86. The summed E-state index contributed by atoms with van der Waals surface area (Å²) in [5.41, 5.74) is 1.77. The summed E-state index contributed by atoms with van der Waals surface area (Å²) in [4.78, 5) is 20.2. The molecule has 0 aliphatic heterocycles. The maximum atomic E-state index is 10.3. The molecule has 3 N–H and O–H groups in total. The van der Waals surface area contributed by atoms with E-state index in [0.717, 1.165) is 0 Å². The molecule has 1 atom stereocenters. The first-order valence-electron chi connectivity index (χ1n) is 2.79. The van der Waals surface area contributed by atoms with Crippen molar-refractivity contribution in [2.45, 2.75) is 6.92 Å². The number of nitrogens with two attached hydrogens (primary N) is 1. The average Bonchev–Trinajstić information content (AvgIpc) is 1.99. The highest BCUT2D eigenvalue weighted by atomic mass is 16.6. The SMILES string of the molecule is CC(C=O)COC(=O)NN. The van der Waals surface area contributed by atoms with Crippen molar-refractivity contribution in [3.8, 4) is 0 Å². The summed E-state index contributed by atoms with van der Waals surface area (Å²) >= 11 is 0. The van der Waals surface area contributed by atoms with Gasteiger partial charge in [0, 0.05) is 5.92 Å². The zero-order valence-corrected chi connectivity index (χ0v) is 5.66. The number of amides is 1. The van der Waals surface area contributed by atoms with E-state index in [2.05, 4.69) is 10.6 Å². The number of hydrogen-bond acceptors (Lipinski definition) is 4. The highest BCUT2D eigenvalue weighted by Crippen LogP contribution is 1.89. The molecule has 0 aliphatic carbocycles. The summed E-state index contributed by atoms with van der Waals surface area (Å²) in [6.45, 7) is 1.70. The number of carbonyl (C=O) groups is 2. The summed E-state index contributed by atoms with van der Waals surface area (Å²) in [7, 11) is 0. The predicted molar refractivity (Wildman–Crippen MR) is 33.9 cm³/mol. The van der Waals surface area contributed by atoms with Crippen LogP contribution in [0.5, 0.6) is 0 Å². The minimum absolute atomic E-state index is 0.0620. The molecule has 5 nitrogen and oxygen atoms in total. The molecule has 0 saturated carbocycles. The highest BCUT2D eigenvalue weighted by Gasteiger charge is 2.02. The lowest BCUT2D eigenvalue weighted by Gasteiger charge is -2.03. The van der Waals surface area contributed by atoms with Crippen LogP contribution < -0.4 is 11.3 Å². The Morgan fingerprint density at radius 3 is 2.90 bits per heavy atom. The molecule has 10 heavy (non-hydrogen) atoms. The van der Waals surface area contributed by atoms with Crippen molar-refractivity contribution in [3.05, 3.63) is 0 Å². The van der Waals surface area contributed by atoms with Crippen molar-refractivity contribution in [3.63, 3.8) is 0 Å². The lowest BCUT2D eigenvalue weighted by Crippen LogP contribution is -2.31. The summed E-state index contributed by atoms with van der Waals surface area (Å²) in [5.74, 6) is 4.41. The van der Waals surface area contributed by atoms with Crippen molar-refractivity contribution in [2.75, 3.05) is 6.61 Å². The Kier molecular flexibility index (Phi) is 4.23. The fourth-order valence-corrected chi connectivity index (χ4v) is 0.288. The van der Waals surface area contributed by atoms with Gasteiger partial charge >= 0.3 is 6.09 Å². The van der Waals surface area contributed by atoms with E-state index in [9.17, 15) is 9.59 Å². The monoisotopic (exact) mass is 146 g/mol. The standard InChI is InChI=1S/C5H10N2O3/c1-4(2-8)3-10-5(9)7-6/h2,4H,3,6H2,1H3,(H,7,9). The van der Waals surface area contributed by atoms with Crippen LogP contribution >= 0.6 is 0 Å². The van der Waals surface area contributed by atoms with Gasteiger partial charge in [-0.3, -0.25) is 5.43 Å². The molecule has 0 aliphatic rings. The van der Waals surface area contributed by atoms with E-state index in [0.29, 0.717) is 6.29 Å². The minimum Gasteiger partial charge on any atom is -0.448 e. The van der Waals surface area contributed by atoms with Gasteiger partial charge in [-0.25, -0.2) is 10.6 Å². The normalized spacial score (nSPS) is 11.8. The maximum absolute atomic E-state index is 10.3. The van der Waals surface area contributed by atoms with Gasteiger partial charge in [-0.15, -0.1) is 0 Å². The molecule has 5 heteroatoms. The van der Waals surface area contributed by atoms with Gasteiger partial charge in [-0.2, -0.15) is 0 Å². The maximum Gasteiger partial charge on any atom is 0.421 e. The Labute approximate surface area is 58.5 Å². The third-order valence-electron chi connectivity index (χ3n) is 0.827. The van der Waals surface area contributed by atoms with Crippen LogP contribution in [-0.2, 0) is 9.53 Å². The number of aldehydes is 1. The minimum atomic E-state index is -0.728. The van der Waals surface area contributed by atoms with Gasteiger partial charge in [-0.05, 0) is 0 Å². The molecular formula is C5H10N2O3. The molecule has 0 aromatic heterocycles. The lowest BCUT2D eigenvalue weighted by atomic mass is 10.2. The summed E-state index contributed by atoms with van der Waals surface area (Å²) in [5, 5.41) is 0. The Morgan fingerprint density at radius 2 is 2.50 bits per heavy atom. The van der Waals surface area contributed by atoms with Crippen molar-refractivity contribution in [2.24, 2.45) is 11.8 Å². The third-order valence-corrected chi connectivity index (χ3v) is 0.827. The molecule has 0 aromatic rings. The molecule has 0 aromatic carbocycles. The predicted octanol–water partition coefficient (Wildman–Crippen LogP) is -0.579. The van der Waals surface area contributed by atoms with Crippen molar-refractivity contribution < 1.29 is 14.3 Å². The van der Waals surface area contributed by atoms with Crippen LogP contribution in [0, 0.1) is 5.92 Å². The van der Waals surface area contributed by atoms with E-state index in [1.165, 1.54) is 0 Å². The molecule has 0 spiro atoms. The fourth-order valence-electron chi connectivity index (χ4n) is 0.288. The molecular weight excluding hydrogens is 136 g/mol. The first-order chi connectivity index (χ1) is 4.70. The van der Waals surface area contributed by atoms with Gasteiger partial charge in [0.15, 0.2) is 0 Å². The van der Waals surface area contributed by atoms with Crippen LogP contribution in [0.3, 0.4) is 0 Å². The van der Waals surface area contributed by atoms with Gasteiger partial charge in [0.1, 0.15) is 12.9 Å². The molecule has 1 amide bonds. The summed E-state index contributed by atoms with van der Waals surface area (Å²) in [6, 6.07) is 0. The van der Waals surface area contributed by atoms with Crippen LogP contribution in [0.1, 0.15) is 6.92 Å². The van der Waals surface area contributed by atoms with Crippen LogP contribution in [0.15, 0.2) is 0 Å². The third kappa shape index (κ3) is 3.85. The molecule has 1 unspecified atom stereocenters. The van der Waals surface area contributed by atoms with E-state index in [1.807, 2.05) is 0 Å². The largest absolute Gasteiger partial charge is 0.448 e. The van der Waals surface area contributed by atoms with E-state index in [4.69, 9.17) is 0 Å². The Morgan fingerprint density at radius 1 is 1.90 bits per heavy atom. The van der Waals surface area contributed by atoms with Crippen molar-refractivity contribution in [1.82, 2.24) is 5.43 Å². The average molecular weight is 146 g/mol. The molecule has 0 bridgehead atoms. The van der Waals surface area contributed by atoms with Crippen LogP contribution in [-0.4, -0.2) is 19.0 Å². The summed E-state index contributed by atoms with van der Waals surface area (Å²) in [6.07, 6.45) is -0.0298. The molecule has 0 radical (unpaired) electrons. The molecule has 0 saturated heterocycles.